The second-order valence-corrected chi connectivity index (χ2v) is 7.42. The summed E-state index contributed by atoms with van der Waals surface area (Å²) in [6.45, 7) is 2.91. The quantitative estimate of drug-likeness (QED) is 0.807. The minimum absolute atomic E-state index is 0.195. The number of hydrogen-bond donors (Lipinski definition) is 1. The fourth-order valence-corrected chi connectivity index (χ4v) is 3.94. The van der Waals surface area contributed by atoms with Gasteiger partial charge < -0.3 is 4.90 Å². The van der Waals surface area contributed by atoms with E-state index in [-0.39, 0.29) is 11.7 Å². The van der Waals surface area contributed by atoms with Crippen molar-refractivity contribution in [2.24, 2.45) is 0 Å². The SMILES string of the molecule is CCCC1NC2(CCCC2)C(=O)N1CCCS(C)=O. The molecule has 0 aromatic heterocycles. The molecule has 1 aliphatic carbocycles. The normalized spacial score (nSPS) is 27.4. The second-order valence-electron chi connectivity index (χ2n) is 5.87. The smallest absolute Gasteiger partial charge is 0.244 e. The van der Waals surface area contributed by atoms with Crippen molar-refractivity contribution in [3.63, 3.8) is 0 Å². The topological polar surface area (TPSA) is 49.4 Å². The highest BCUT2D eigenvalue weighted by Crippen LogP contribution is 2.37. The first-order chi connectivity index (χ1) is 9.09. The van der Waals surface area contributed by atoms with E-state index in [0.29, 0.717) is 11.7 Å². The van der Waals surface area contributed by atoms with E-state index >= 15 is 0 Å². The van der Waals surface area contributed by atoms with Crippen LogP contribution in [0.4, 0.5) is 0 Å². The number of amides is 1. The summed E-state index contributed by atoms with van der Waals surface area (Å²) in [4.78, 5) is 14.7. The Kier molecular flexibility index (Phi) is 5.01. The van der Waals surface area contributed by atoms with Crippen LogP contribution in [0.15, 0.2) is 0 Å². The summed E-state index contributed by atoms with van der Waals surface area (Å²) >= 11 is 0. The zero-order chi connectivity index (χ0) is 13.9. The fourth-order valence-electron chi connectivity index (χ4n) is 3.41. The average Bonchev–Trinajstić information content (AvgIpc) is 2.91. The molecule has 1 aliphatic heterocycles. The van der Waals surface area contributed by atoms with Gasteiger partial charge in [0.05, 0.1) is 11.7 Å². The highest BCUT2D eigenvalue weighted by atomic mass is 32.2. The molecule has 110 valence electrons. The Morgan fingerprint density at radius 2 is 2.11 bits per heavy atom. The van der Waals surface area contributed by atoms with Gasteiger partial charge in [0.2, 0.25) is 5.91 Å². The monoisotopic (exact) mass is 286 g/mol. The Morgan fingerprint density at radius 3 is 2.68 bits per heavy atom. The van der Waals surface area contributed by atoms with Crippen molar-refractivity contribution in [3.05, 3.63) is 0 Å². The van der Waals surface area contributed by atoms with Gasteiger partial charge in [-0.3, -0.25) is 14.3 Å². The molecule has 0 aromatic carbocycles. The van der Waals surface area contributed by atoms with Crippen molar-refractivity contribution < 1.29 is 9.00 Å². The van der Waals surface area contributed by atoms with Gasteiger partial charge in [0.15, 0.2) is 0 Å². The molecular weight excluding hydrogens is 260 g/mol. The summed E-state index contributed by atoms with van der Waals surface area (Å²) in [5, 5.41) is 3.61. The molecule has 0 radical (unpaired) electrons. The van der Waals surface area contributed by atoms with Crippen LogP contribution in [0.25, 0.3) is 0 Å². The average molecular weight is 286 g/mol. The third-order valence-corrected chi connectivity index (χ3v) is 5.20. The molecular formula is C14H26N2O2S. The Balaban J connectivity index is 2.00. The van der Waals surface area contributed by atoms with Crippen molar-refractivity contribution >= 4 is 16.7 Å². The van der Waals surface area contributed by atoms with Crippen LogP contribution in [0.5, 0.6) is 0 Å². The fraction of sp³-hybridized carbons (Fsp3) is 0.929. The summed E-state index contributed by atoms with van der Waals surface area (Å²) in [7, 11) is -0.761. The van der Waals surface area contributed by atoms with Crippen LogP contribution >= 0.6 is 0 Å². The highest BCUT2D eigenvalue weighted by Gasteiger charge is 2.51. The third-order valence-electron chi connectivity index (χ3n) is 4.34. The number of carbonyl (C=O) groups excluding carboxylic acids is 1. The van der Waals surface area contributed by atoms with Crippen LogP contribution in [-0.2, 0) is 15.6 Å². The molecule has 0 bridgehead atoms. The Hall–Kier alpha value is -0.420. The predicted molar refractivity (Wildman–Crippen MR) is 78.3 cm³/mol. The van der Waals surface area contributed by atoms with Crippen molar-refractivity contribution in [2.75, 3.05) is 18.6 Å². The molecule has 1 heterocycles. The Morgan fingerprint density at radius 1 is 1.42 bits per heavy atom. The van der Waals surface area contributed by atoms with Gasteiger partial charge in [-0.25, -0.2) is 0 Å². The zero-order valence-corrected chi connectivity index (χ0v) is 12.9. The van der Waals surface area contributed by atoms with E-state index in [1.54, 1.807) is 6.26 Å². The molecule has 19 heavy (non-hydrogen) atoms. The second kappa shape index (κ2) is 6.35. The molecule has 5 heteroatoms. The first-order valence-electron chi connectivity index (χ1n) is 7.48. The lowest BCUT2D eigenvalue weighted by molar-refractivity contribution is -0.133. The largest absolute Gasteiger partial charge is 0.326 e. The maximum atomic E-state index is 12.7. The molecule has 1 spiro atoms. The molecule has 2 aliphatic rings. The Bertz CT molecular complexity index is 353. The maximum Gasteiger partial charge on any atom is 0.244 e. The predicted octanol–water partition coefficient (Wildman–Crippen LogP) is 1.63. The van der Waals surface area contributed by atoms with Crippen molar-refractivity contribution in [3.8, 4) is 0 Å². The third kappa shape index (κ3) is 3.19. The molecule has 2 rings (SSSR count). The summed E-state index contributed by atoms with van der Waals surface area (Å²) in [6.07, 6.45) is 9.15. The number of hydrogen-bond acceptors (Lipinski definition) is 3. The van der Waals surface area contributed by atoms with Gasteiger partial charge >= 0.3 is 0 Å². The molecule has 1 saturated carbocycles. The van der Waals surface area contributed by atoms with Gasteiger partial charge in [-0.15, -0.1) is 0 Å². The minimum Gasteiger partial charge on any atom is -0.326 e. The van der Waals surface area contributed by atoms with E-state index in [4.69, 9.17) is 0 Å². The Labute approximate surface area is 118 Å². The summed E-state index contributed by atoms with van der Waals surface area (Å²) in [5.74, 6) is 0.987. The van der Waals surface area contributed by atoms with Crippen LogP contribution in [-0.4, -0.2) is 45.3 Å². The van der Waals surface area contributed by atoms with E-state index in [1.807, 2.05) is 4.90 Å². The lowest BCUT2D eigenvalue weighted by atomic mass is 9.98. The number of nitrogens with zero attached hydrogens (tertiary/aromatic N) is 1. The molecule has 2 unspecified atom stereocenters. The zero-order valence-electron chi connectivity index (χ0n) is 12.1. The first kappa shape index (κ1) is 15.0. The molecule has 1 N–H and O–H groups in total. The van der Waals surface area contributed by atoms with Gasteiger partial charge in [0.1, 0.15) is 0 Å². The molecule has 0 aromatic rings. The summed E-state index contributed by atoms with van der Waals surface area (Å²) in [5.41, 5.74) is -0.259. The first-order valence-corrected chi connectivity index (χ1v) is 9.20. The molecule has 1 saturated heterocycles. The molecule has 1 amide bonds. The van der Waals surface area contributed by atoms with Crippen molar-refractivity contribution in [1.82, 2.24) is 10.2 Å². The molecule has 2 fully saturated rings. The van der Waals surface area contributed by atoms with E-state index in [2.05, 4.69) is 12.2 Å². The van der Waals surface area contributed by atoms with Gasteiger partial charge in [-0.1, -0.05) is 26.2 Å². The van der Waals surface area contributed by atoms with Crippen LogP contribution < -0.4 is 5.32 Å². The van der Waals surface area contributed by atoms with Crippen LogP contribution in [0.3, 0.4) is 0 Å². The number of rotatable bonds is 6. The summed E-state index contributed by atoms with van der Waals surface area (Å²) in [6, 6.07) is 0. The van der Waals surface area contributed by atoms with Crippen molar-refractivity contribution in [1.29, 1.82) is 0 Å². The van der Waals surface area contributed by atoms with Crippen LogP contribution in [0.2, 0.25) is 0 Å². The molecule has 4 nitrogen and oxygen atoms in total. The van der Waals surface area contributed by atoms with Crippen molar-refractivity contribution in [2.45, 2.75) is 63.6 Å². The minimum atomic E-state index is -0.761. The number of nitrogens with one attached hydrogen (secondary N) is 1. The lowest BCUT2D eigenvalue weighted by Crippen LogP contribution is -2.44. The van der Waals surface area contributed by atoms with E-state index in [1.165, 1.54) is 0 Å². The van der Waals surface area contributed by atoms with E-state index in [9.17, 15) is 9.00 Å². The van der Waals surface area contributed by atoms with Gasteiger partial charge in [0, 0.05) is 29.4 Å². The lowest BCUT2D eigenvalue weighted by Gasteiger charge is -2.23. The van der Waals surface area contributed by atoms with Gasteiger partial charge in [0.25, 0.3) is 0 Å². The van der Waals surface area contributed by atoms with Crippen LogP contribution in [0.1, 0.15) is 51.9 Å². The van der Waals surface area contributed by atoms with E-state index < -0.39 is 10.8 Å². The standard InChI is InChI=1S/C14H26N2O2S/c1-3-7-12-15-14(8-4-5-9-14)13(17)16(12)10-6-11-19(2)18/h12,15H,3-11H2,1-2H3. The van der Waals surface area contributed by atoms with E-state index in [0.717, 1.165) is 51.5 Å². The highest BCUT2D eigenvalue weighted by molar-refractivity contribution is 7.84. The van der Waals surface area contributed by atoms with Gasteiger partial charge in [-0.2, -0.15) is 0 Å². The molecule has 2 atom stereocenters. The van der Waals surface area contributed by atoms with Gasteiger partial charge in [-0.05, 0) is 25.7 Å². The maximum absolute atomic E-state index is 12.7. The summed E-state index contributed by atoms with van der Waals surface area (Å²) < 4.78 is 11.1. The van der Waals surface area contributed by atoms with Crippen LogP contribution in [0, 0.1) is 0 Å². The number of carbonyl (C=O) groups is 1.